The molecule has 6 saturated carbocycles. The van der Waals surface area contributed by atoms with Gasteiger partial charge in [-0.3, -0.25) is 19.4 Å². The average molecular weight is 1830 g/mol. The quantitative estimate of drug-likeness (QED) is 0.0281. The summed E-state index contributed by atoms with van der Waals surface area (Å²) in [4.78, 5) is 75.2. The molecule has 6 aliphatic carbocycles. The number of hydrogen-bond acceptors (Lipinski definition) is 14. The molecule has 7 heterocycles. The van der Waals surface area contributed by atoms with Crippen molar-refractivity contribution in [3.63, 3.8) is 0 Å². The largest absolute Gasteiger partial charge is 0.467 e. The summed E-state index contributed by atoms with van der Waals surface area (Å²) in [5, 5.41) is 28.0. The first-order chi connectivity index (χ1) is 60.8. The second-order valence-corrected chi connectivity index (χ2v) is 37.2. The van der Waals surface area contributed by atoms with Crippen LogP contribution in [0.15, 0.2) is 235 Å². The van der Waals surface area contributed by atoms with Crippen molar-refractivity contribution in [1.29, 1.82) is 0 Å². The van der Waals surface area contributed by atoms with Gasteiger partial charge in [0.2, 0.25) is 17.0 Å². The predicted molar refractivity (Wildman–Crippen MR) is 500 cm³/mol. The molecule has 9 aromatic carbocycles. The number of aliphatic imine (C=N–C) groups is 2. The predicted octanol–water partition coefficient (Wildman–Crippen LogP) is 22.0. The molecule has 0 radical (unpaired) electrons. The summed E-state index contributed by atoms with van der Waals surface area (Å²) in [7, 11) is 1.42. The fourth-order valence-corrected chi connectivity index (χ4v) is 18.3. The van der Waals surface area contributed by atoms with Crippen molar-refractivity contribution in [3.8, 4) is 28.2 Å². The van der Waals surface area contributed by atoms with Crippen molar-refractivity contribution < 1.29 is 23.9 Å². The number of nitrogens with zero attached hydrogens (tertiary/aromatic N) is 11. The molecule has 5 atom stereocenters. The van der Waals surface area contributed by atoms with Gasteiger partial charge in [0.1, 0.15) is 11.9 Å². The zero-order chi connectivity index (χ0) is 86.2. The Morgan fingerprint density at radius 2 is 1.22 bits per heavy atom. The zero-order valence-corrected chi connectivity index (χ0v) is 74.5. The van der Waals surface area contributed by atoms with E-state index in [1.807, 2.05) is 163 Å². The number of ether oxygens (including phenoxy) is 1. The number of H-pyrrole nitrogens is 1. The van der Waals surface area contributed by atoms with Gasteiger partial charge in [0.25, 0.3) is 5.91 Å². The van der Waals surface area contributed by atoms with Gasteiger partial charge in [-0.1, -0.05) is 190 Å². The number of esters is 1. The van der Waals surface area contributed by atoms with Crippen LogP contribution >= 0.6 is 93.4 Å². The Balaban J connectivity index is 0.000000106. The van der Waals surface area contributed by atoms with Gasteiger partial charge in [-0.2, -0.15) is 4.68 Å². The number of nitrogens with one attached hydrogen (secondary N) is 4. The minimum atomic E-state index is -1.11. The molecule has 1 saturated heterocycles. The fourth-order valence-electron chi connectivity index (χ4n) is 17.0. The Morgan fingerprint density at radius 3 is 1.89 bits per heavy atom. The second-order valence-electron chi connectivity index (χ2n) is 33.9. The van der Waals surface area contributed by atoms with E-state index in [0.717, 1.165) is 141 Å². The van der Waals surface area contributed by atoms with Crippen LogP contribution in [0.25, 0.3) is 39.1 Å². The molecule has 4 N–H and O–H groups in total. The van der Waals surface area contributed by atoms with Crippen molar-refractivity contribution in [3.05, 3.63) is 299 Å². The van der Waals surface area contributed by atoms with Crippen LogP contribution in [0, 0.1) is 35.5 Å². The van der Waals surface area contributed by atoms with Crippen LogP contribution in [0.3, 0.4) is 0 Å². The number of benzene rings is 9. The van der Waals surface area contributed by atoms with Gasteiger partial charge >= 0.3 is 5.97 Å². The number of halogens is 7. The smallest absolute Gasteiger partial charge is 0.341 e. The summed E-state index contributed by atoms with van der Waals surface area (Å²) in [5.74, 6) is 4.71. The number of methoxy groups -OCH3 is 1. The number of amidine groups is 1. The summed E-state index contributed by atoms with van der Waals surface area (Å²) in [5.41, 5.74) is 11.6. The number of hydrogen-bond donors (Lipinski definition) is 4. The molecule has 125 heavy (non-hydrogen) atoms. The van der Waals surface area contributed by atoms with Gasteiger partial charge in [0, 0.05) is 115 Å². The average Bonchev–Trinajstić information content (AvgIpc) is 1.54. The molecule has 10 aliphatic rings. The van der Waals surface area contributed by atoms with E-state index in [0.29, 0.717) is 64.4 Å². The Morgan fingerprint density at radius 1 is 0.616 bits per heavy atom. The Hall–Kier alpha value is -10.5. The standard InChI is InChI=1S/C21H16Cl3N3.C21H21ClN2O2.C19H17Cl2NO2.C18H16ClN5.C18H20N4OS/c22-14-4-5-15-16(9-25-19(15)8-14)21-20(13-3-6-17(23)18(24)7-13)26-11-27(21)10-12-1-2-12;1-26-20(25)21(17-5-3-2-4-6-17)19(16-9-11-18(22)12-10-16)24(14-23-21)13-15-7-8-15;20-15-7-3-12(4-8-15)17(22-19(24)14-1-2-14)11-18(23)13-5-9-16(21)10-6-13;19-14-9-7-13(8-10-14)17-18-20-21-22-24(18)16-4-2-1-3-15(16)23(17)11-12-5-6-12;23-16-18(13-3-1-2-4-14(13)20-16)15(19-9-11-5-6-11)21-17(24)22(18)10-12-7-8-12/h3-9,11-12,25H,1-2,10H2;2-6,9-12,14-15,19H,7-8,13H2,1H3;3-10,14,17H,1-2,11H2,(H,22,24);1-4,7-10,12,17H,5-6,11H2;1-4,11-12H,5-10H2,(H,20,23)(H,19,21,24)/t;19-,21+;;17-;/m.0.1./s1. The number of ketones is 1. The summed E-state index contributed by atoms with van der Waals surface area (Å²) < 4.78 is 9.35. The summed E-state index contributed by atoms with van der Waals surface area (Å²) in [6.45, 7) is 4.49. The van der Waals surface area contributed by atoms with Crippen molar-refractivity contribution in [2.24, 2.45) is 45.5 Å². The molecule has 7 fully saturated rings. The van der Waals surface area contributed by atoms with E-state index in [2.05, 4.69) is 92.1 Å². The molecule has 4 aliphatic heterocycles. The molecule has 22 rings (SSSR count). The summed E-state index contributed by atoms with van der Waals surface area (Å²) in [6.07, 6.45) is 20.4. The number of aromatic nitrogens is 7. The third-order valence-electron chi connectivity index (χ3n) is 24.6. The molecular formula is C97H90Cl7N15O5S. The lowest BCUT2D eigenvalue weighted by molar-refractivity contribution is -0.149. The number of aromatic amines is 1. The molecule has 1 spiro atoms. The van der Waals surface area contributed by atoms with Gasteiger partial charge in [0.15, 0.2) is 16.7 Å². The lowest BCUT2D eigenvalue weighted by Crippen LogP contribution is -2.52. The van der Waals surface area contributed by atoms with Crippen LogP contribution in [-0.2, 0) is 36.7 Å². The Labute approximate surface area is 765 Å². The number of para-hydroxylation sites is 3. The summed E-state index contributed by atoms with van der Waals surface area (Å²) >= 11 is 48.1. The van der Waals surface area contributed by atoms with Crippen LogP contribution in [-0.4, -0.2) is 119 Å². The summed E-state index contributed by atoms with van der Waals surface area (Å²) in [6, 6.07) is 66.6. The normalized spacial score (nSPS) is 20.5. The third-order valence-corrected chi connectivity index (χ3v) is 26.9. The number of Topliss-reactive ketones (excluding diaryl/α,β-unsaturated/α-hetero) is 1. The van der Waals surface area contributed by atoms with Crippen molar-refractivity contribution in [1.82, 2.24) is 55.2 Å². The maximum atomic E-state index is 13.2. The highest BCUT2D eigenvalue weighted by atomic mass is 35.5. The van der Waals surface area contributed by atoms with Crippen molar-refractivity contribution in [2.45, 2.75) is 119 Å². The Kier molecular flexibility index (Phi) is 25.2. The maximum absolute atomic E-state index is 13.2. The minimum Gasteiger partial charge on any atom is -0.467 e. The van der Waals surface area contributed by atoms with Gasteiger partial charge in [-0.05, 0) is 255 Å². The number of thiocarbonyl (C=S) groups is 1. The number of amides is 2. The molecule has 2 amide bonds. The number of carbonyl (C=O) groups excluding carboxylic acids is 4. The first-order valence-electron chi connectivity index (χ1n) is 42.5. The third kappa shape index (κ3) is 18.7. The molecule has 28 heteroatoms. The van der Waals surface area contributed by atoms with E-state index in [4.69, 9.17) is 113 Å². The number of anilines is 2. The molecule has 12 aromatic rings. The lowest BCUT2D eigenvalue weighted by atomic mass is 9.80. The van der Waals surface area contributed by atoms with E-state index in [1.54, 1.807) is 36.4 Å². The highest BCUT2D eigenvalue weighted by molar-refractivity contribution is 7.80. The first-order valence-corrected chi connectivity index (χ1v) is 45.6. The van der Waals surface area contributed by atoms with Crippen LogP contribution in [0.4, 0.5) is 11.4 Å². The monoisotopic (exact) mass is 1820 g/mol. The number of rotatable bonds is 22. The number of imidazole rings is 1. The van der Waals surface area contributed by atoms with Gasteiger partial charge in [-0.15, -0.1) is 5.10 Å². The van der Waals surface area contributed by atoms with E-state index < -0.39 is 11.1 Å². The second kappa shape index (κ2) is 36.9. The van der Waals surface area contributed by atoms with E-state index >= 15 is 0 Å². The van der Waals surface area contributed by atoms with Crippen LogP contribution in [0.2, 0.25) is 35.2 Å². The number of fused-ring (bicyclic) bond motifs is 6. The molecule has 3 aromatic heterocycles. The molecule has 20 nitrogen and oxygen atoms in total. The molecule has 638 valence electrons. The van der Waals surface area contributed by atoms with E-state index in [-0.39, 0.29) is 54.0 Å². The van der Waals surface area contributed by atoms with Crippen LogP contribution < -0.4 is 20.9 Å². The maximum Gasteiger partial charge on any atom is 0.341 e. The van der Waals surface area contributed by atoms with Crippen LogP contribution in [0.5, 0.6) is 0 Å². The SMILES string of the molecule is COC(=O)[C@]1(c2ccccc2)N=CN(CC2CC2)[C@H]1c1ccc(Cl)cc1.Clc1ccc([C@@H]2c3nnnn3-c3ccccc3N2CC2CC2)cc1.Clc1ccc2c(-c3c(-c4ccc(Cl)c(Cl)c4)ncn3CC3CC3)c[nH]c2c1.O=C(CC(NC(=O)C1CC1)c1ccc(Cl)cc1)c1ccc(Cl)cc1.O=C1Nc2ccccc2C12C(=NCC1CC1)NC(=S)N2CC1CC1. The van der Waals surface area contributed by atoms with E-state index in [1.165, 1.54) is 77.0 Å². The lowest BCUT2D eigenvalue weighted by Gasteiger charge is -2.38. The van der Waals surface area contributed by atoms with Crippen LogP contribution in [0.1, 0.15) is 146 Å². The minimum absolute atomic E-state index is 0.00719. The molecular weight excluding hydrogens is 1740 g/mol. The van der Waals surface area contributed by atoms with Crippen molar-refractivity contribution >= 4 is 157 Å². The highest BCUT2D eigenvalue weighted by Crippen LogP contribution is 2.51. The van der Waals surface area contributed by atoms with Gasteiger partial charge < -0.3 is 44.9 Å². The topological polar surface area (TPSA) is 225 Å². The van der Waals surface area contributed by atoms with Crippen molar-refractivity contribution in [2.75, 3.05) is 43.5 Å². The zero-order valence-electron chi connectivity index (χ0n) is 68.4. The van der Waals surface area contributed by atoms with Gasteiger partial charge in [0.05, 0.1) is 64.7 Å². The van der Waals surface area contributed by atoms with E-state index in [9.17, 15) is 19.2 Å². The highest BCUT2D eigenvalue weighted by Gasteiger charge is 2.61. The van der Waals surface area contributed by atoms with Gasteiger partial charge in [-0.25, -0.2) is 14.8 Å². The Bertz CT molecular complexity index is 6070. The molecule has 2 unspecified atom stereocenters. The first kappa shape index (κ1) is 85.3. The fraction of sp³-hybridized carbons (Fsp3) is 0.309. The number of carbonyl (C=O) groups is 4. The number of tetrazole rings is 1. The molecule has 0 bridgehead atoms.